The minimum Gasteiger partial charge on any atom is -0.384 e. The van der Waals surface area contributed by atoms with Gasteiger partial charge in [0, 0.05) is 22.2 Å². The van der Waals surface area contributed by atoms with Gasteiger partial charge in [0.15, 0.2) is 0 Å². The van der Waals surface area contributed by atoms with Gasteiger partial charge in [-0.25, -0.2) is 0 Å². The van der Waals surface area contributed by atoms with E-state index in [4.69, 9.17) is 0 Å². The highest BCUT2D eigenvalue weighted by Gasteiger charge is 2.44. The molecule has 1 nitrogen and oxygen atoms in total. The van der Waals surface area contributed by atoms with Crippen molar-refractivity contribution in [2.24, 2.45) is 29.6 Å². The van der Waals surface area contributed by atoms with Gasteiger partial charge in [0.2, 0.25) is 0 Å². The first-order valence-corrected chi connectivity index (χ1v) is 10.9. The zero-order valence-corrected chi connectivity index (χ0v) is 17.4. The number of nitrogens with one attached hydrogen (secondary N) is 1. The molecule has 6 unspecified atom stereocenters. The summed E-state index contributed by atoms with van der Waals surface area (Å²) in [4.78, 5) is -0.238. The lowest BCUT2D eigenvalue weighted by Crippen LogP contribution is -2.45. The average molecular weight is 442 g/mol. The Morgan fingerprint density at radius 3 is 2.33 bits per heavy atom. The lowest BCUT2D eigenvalue weighted by Gasteiger charge is -2.45. The molecular weight excluding hydrogens is 415 g/mol. The maximum Gasteiger partial charge on any atom is 0.412 e. The molecule has 0 spiro atoms. The van der Waals surface area contributed by atoms with Gasteiger partial charge in [-0.1, -0.05) is 54.1 Å². The van der Waals surface area contributed by atoms with Crippen LogP contribution in [0.3, 0.4) is 0 Å². The zero-order chi connectivity index (χ0) is 19.3. The van der Waals surface area contributed by atoms with Crippen molar-refractivity contribution < 1.29 is 13.2 Å². The van der Waals surface area contributed by atoms with E-state index in [-0.39, 0.29) is 29.1 Å². The third-order valence-electron chi connectivity index (χ3n) is 6.76. The lowest BCUT2D eigenvalue weighted by atomic mass is 9.65. The molecule has 0 saturated heterocycles. The van der Waals surface area contributed by atoms with Crippen molar-refractivity contribution in [3.63, 3.8) is 0 Å². The summed E-state index contributed by atoms with van der Waals surface area (Å²) < 4.78 is 40.2. The summed E-state index contributed by atoms with van der Waals surface area (Å²) in [5.41, 5.74) is 1.94. The van der Waals surface area contributed by atoms with Crippen molar-refractivity contribution in [3.05, 3.63) is 47.2 Å². The van der Waals surface area contributed by atoms with E-state index in [2.05, 4.69) is 53.3 Å². The zero-order valence-electron chi connectivity index (χ0n) is 15.8. The van der Waals surface area contributed by atoms with Crippen molar-refractivity contribution in [2.45, 2.75) is 56.6 Å². The first-order chi connectivity index (χ1) is 12.7. The van der Waals surface area contributed by atoms with Crippen LogP contribution < -0.4 is 5.32 Å². The predicted octanol–water partition coefficient (Wildman–Crippen LogP) is 6.30. The van der Waals surface area contributed by atoms with Gasteiger partial charge in [-0.15, -0.1) is 0 Å². The molecule has 1 fully saturated rings. The van der Waals surface area contributed by atoms with E-state index >= 15 is 0 Å². The first kappa shape index (κ1) is 19.4. The third kappa shape index (κ3) is 3.68. The fourth-order valence-electron chi connectivity index (χ4n) is 5.74. The van der Waals surface area contributed by atoms with Gasteiger partial charge in [-0.05, 0) is 60.8 Å². The maximum absolute atomic E-state index is 13.4. The molecule has 4 aliphatic rings. The maximum atomic E-state index is 13.4. The fourth-order valence-corrected chi connectivity index (χ4v) is 6.55. The van der Waals surface area contributed by atoms with E-state index in [0.29, 0.717) is 17.8 Å². The van der Waals surface area contributed by atoms with Crippen LogP contribution in [-0.2, 0) is 0 Å². The summed E-state index contributed by atoms with van der Waals surface area (Å²) in [6.07, 6.45) is 9.21. The molecule has 1 aliphatic heterocycles. The highest BCUT2D eigenvalue weighted by Crippen LogP contribution is 2.49. The van der Waals surface area contributed by atoms with E-state index < -0.39 is 11.7 Å². The van der Waals surface area contributed by atoms with E-state index in [1.165, 1.54) is 30.9 Å². The molecule has 148 valence electrons. The topological polar surface area (TPSA) is 12.0 Å². The van der Waals surface area contributed by atoms with Gasteiger partial charge in [-0.2, -0.15) is 13.2 Å². The monoisotopic (exact) mass is 441 g/mol. The van der Waals surface area contributed by atoms with Gasteiger partial charge < -0.3 is 5.32 Å². The van der Waals surface area contributed by atoms with E-state index in [9.17, 15) is 13.2 Å². The van der Waals surface area contributed by atoms with Gasteiger partial charge in [0.05, 0.1) is 6.04 Å². The molecule has 4 rings (SSSR count). The third-order valence-corrected chi connectivity index (χ3v) is 7.61. The van der Waals surface area contributed by atoms with Crippen LogP contribution in [0.4, 0.5) is 13.2 Å². The molecule has 0 aromatic carbocycles. The van der Waals surface area contributed by atoms with Crippen LogP contribution >= 0.6 is 15.9 Å². The number of allylic oxidation sites excluding steroid dienone is 6. The minimum absolute atomic E-state index is 0.0186. The Morgan fingerprint density at radius 2 is 1.67 bits per heavy atom. The molecule has 0 amide bonds. The molecule has 0 radical (unpaired) electrons. The molecule has 0 aromatic rings. The van der Waals surface area contributed by atoms with Crippen LogP contribution in [0, 0.1) is 29.6 Å². The molecule has 1 N–H and O–H groups in total. The van der Waals surface area contributed by atoms with Gasteiger partial charge in [0.25, 0.3) is 0 Å². The van der Waals surface area contributed by atoms with E-state index in [1.807, 2.05) is 6.20 Å². The molecule has 6 atom stereocenters. The summed E-state index contributed by atoms with van der Waals surface area (Å²) in [6, 6.07) is 0.237. The molecule has 0 bridgehead atoms. The summed E-state index contributed by atoms with van der Waals surface area (Å²) >= 11 is 3.51. The number of rotatable bonds is 1. The summed E-state index contributed by atoms with van der Waals surface area (Å²) in [5, 5.41) is 3.54. The normalized spacial score (nSPS) is 41.6. The lowest BCUT2D eigenvalue weighted by molar-refractivity contribution is -0.0948. The first-order valence-electron chi connectivity index (χ1n) is 10.00. The summed E-state index contributed by atoms with van der Waals surface area (Å²) in [5.74, 6) is 1.80. The minimum atomic E-state index is -4.25. The summed E-state index contributed by atoms with van der Waals surface area (Å²) in [7, 11) is 0. The molecule has 3 aliphatic carbocycles. The van der Waals surface area contributed by atoms with Gasteiger partial charge in [-0.3, -0.25) is 0 Å². The Labute approximate surface area is 168 Å². The smallest absolute Gasteiger partial charge is 0.384 e. The van der Waals surface area contributed by atoms with Gasteiger partial charge >= 0.3 is 6.18 Å². The Morgan fingerprint density at radius 1 is 1.00 bits per heavy atom. The van der Waals surface area contributed by atoms with Crippen molar-refractivity contribution in [1.29, 1.82) is 0 Å². The average Bonchev–Trinajstić information content (AvgIpc) is 2.59. The number of fused-ring (bicyclic) bond motifs is 3. The van der Waals surface area contributed by atoms with E-state index in [0.717, 1.165) is 5.57 Å². The molecule has 5 heteroatoms. The number of hydrogen-bond donors (Lipinski definition) is 1. The quantitative estimate of drug-likeness (QED) is 0.371. The Balaban J connectivity index is 1.66. The largest absolute Gasteiger partial charge is 0.412 e. The Kier molecular flexibility index (Phi) is 5.11. The SMILES string of the molecule is CC1CC(C)CC(C2NC=CC3C2=CC=C2C(Br)CC(C(F)(F)F)=CC23)C1. The number of alkyl halides is 4. The second-order valence-corrected chi connectivity index (χ2v) is 10.0. The van der Waals surface area contributed by atoms with Crippen LogP contribution in [0.25, 0.3) is 0 Å². The van der Waals surface area contributed by atoms with Crippen LogP contribution in [-0.4, -0.2) is 17.0 Å². The predicted molar refractivity (Wildman–Crippen MR) is 106 cm³/mol. The van der Waals surface area contributed by atoms with E-state index in [1.54, 1.807) is 0 Å². The standard InChI is InChI=1S/C22H27BrF3N/c1-12-7-13(2)9-14(8-12)21-18-4-3-17-19(16(18)5-6-27-21)10-15(11-20(17)23)22(24,25)26/h3-6,10,12-14,16,19-21,27H,7-9,11H2,1-2H3. The molecule has 27 heavy (non-hydrogen) atoms. The van der Waals surface area contributed by atoms with Crippen molar-refractivity contribution in [1.82, 2.24) is 5.32 Å². The van der Waals surface area contributed by atoms with Crippen molar-refractivity contribution >= 4 is 15.9 Å². The fraction of sp³-hybridized carbons (Fsp3) is 0.636. The second-order valence-electron chi connectivity index (χ2n) is 8.93. The Hall–Kier alpha value is -0.970. The number of hydrogen-bond acceptors (Lipinski definition) is 1. The van der Waals surface area contributed by atoms with Crippen molar-refractivity contribution in [2.75, 3.05) is 0 Å². The summed E-state index contributed by atoms with van der Waals surface area (Å²) in [6.45, 7) is 4.64. The van der Waals surface area contributed by atoms with Gasteiger partial charge in [0.1, 0.15) is 0 Å². The molecule has 1 saturated carbocycles. The van der Waals surface area contributed by atoms with Crippen LogP contribution in [0.2, 0.25) is 0 Å². The number of halogens is 4. The molecular formula is C22H27BrF3N. The van der Waals surface area contributed by atoms with Crippen LogP contribution in [0.1, 0.15) is 39.5 Å². The molecule has 0 aromatic heterocycles. The van der Waals surface area contributed by atoms with Crippen LogP contribution in [0.15, 0.2) is 47.2 Å². The Bertz CT molecular complexity index is 708. The van der Waals surface area contributed by atoms with Crippen molar-refractivity contribution in [3.8, 4) is 0 Å². The highest BCUT2D eigenvalue weighted by atomic mass is 79.9. The van der Waals surface area contributed by atoms with Crippen LogP contribution in [0.5, 0.6) is 0 Å². The molecule has 1 heterocycles. The second kappa shape index (κ2) is 7.13. The highest BCUT2D eigenvalue weighted by molar-refractivity contribution is 9.09.